The fourth-order valence-electron chi connectivity index (χ4n) is 1.98. The number of alkyl halides is 3. The Bertz CT molecular complexity index is 403. The lowest BCUT2D eigenvalue weighted by molar-refractivity contribution is -0.147. The third-order valence-electron chi connectivity index (χ3n) is 2.87. The van der Waals surface area contributed by atoms with E-state index in [1.54, 1.807) is 0 Å². The molecule has 0 radical (unpaired) electrons. The molecule has 2 saturated heterocycles. The fourth-order valence-corrected chi connectivity index (χ4v) is 3.14. The van der Waals surface area contributed by atoms with Crippen molar-refractivity contribution in [3.05, 3.63) is 0 Å². The van der Waals surface area contributed by atoms with Crippen molar-refractivity contribution in [2.75, 3.05) is 13.2 Å². The lowest BCUT2D eigenvalue weighted by atomic mass is 10.1. The standard InChI is InChI=1S/C11H15F3N2O3S/c1-6(17)18-4-7-2-3-8-9(19-7)20-10(16-8)15-5-11(12,13)14/h7-9H,2-5H2,1H3,(H,15,16)/t7-,8-,9-/m1/s1. The van der Waals surface area contributed by atoms with E-state index >= 15 is 0 Å². The second kappa shape index (κ2) is 6.21. The van der Waals surface area contributed by atoms with Crippen LogP contribution < -0.4 is 5.32 Å². The van der Waals surface area contributed by atoms with Crippen molar-refractivity contribution in [1.29, 1.82) is 0 Å². The summed E-state index contributed by atoms with van der Waals surface area (Å²) in [7, 11) is 0. The predicted molar refractivity (Wildman–Crippen MR) is 67.4 cm³/mol. The molecule has 20 heavy (non-hydrogen) atoms. The molecule has 0 aromatic heterocycles. The Kier molecular flexibility index (Phi) is 4.79. The van der Waals surface area contributed by atoms with Gasteiger partial charge in [0.2, 0.25) is 0 Å². The van der Waals surface area contributed by atoms with Gasteiger partial charge in [0.05, 0.1) is 12.1 Å². The molecule has 2 heterocycles. The molecule has 2 aliphatic heterocycles. The average Bonchev–Trinajstić information content (AvgIpc) is 2.75. The number of ether oxygens (including phenoxy) is 2. The van der Waals surface area contributed by atoms with Crippen molar-refractivity contribution in [2.24, 2.45) is 4.99 Å². The molecule has 0 spiro atoms. The molecule has 0 unspecified atom stereocenters. The van der Waals surface area contributed by atoms with Gasteiger partial charge in [0.1, 0.15) is 18.6 Å². The van der Waals surface area contributed by atoms with Gasteiger partial charge in [-0.3, -0.25) is 9.79 Å². The molecule has 2 aliphatic rings. The van der Waals surface area contributed by atoms with Gasteiger partial charge in [-0.1, -0.05) is 11.8 Å². The van der Waals surface area contributed by atoms with E-state index in [9.17, 15) is 18.0 Å². The van der Waals surface area contributed by atoms with E-state index < -0.39 is 12.7 Å². The highest BCUT2D eigenvalue weighted by Gasteiger charge is 2.39. The minimum atomic E-state index is -4.30. The van der Waals surface area contributed by atoms with E-state index in [2.05, 4.69) is 10.3 Å². The van der Waals surface area contributed by atoms with Gasteiger partial charge in [0.25, 0.3) is 0 Å². The average molecular weight is 312 g/mol. The lowest BCUT2D eigenvalue weighted by Crippen LogP contribution is -2.41. The molecule has 5 nitrogen and oxygen atoms in total. The lowest BCUT2D eigenvalue weighted by Gasteiger charge is -2.30. The van der Waals surface area contributed by atoms with Gasteiger partial charge in [-0.25, -0.2) is 0 Å². The number of halogens is 3. The van der Waals surface area contributed by atoms with E-state index in [-0.39, 0.29) is 35.3 Å². The molecular formula is C11H15F3N2O3S. The fraction of sp³-hybridized carbons (Fsp3) is 0.818. The van der Waals surface area contributed by atoms with Gasteiger partial charge in [-0.15, -0.1) is 0 Å². The summed E-state index contributed by atoms with van der Waals surface area (Å²) in [6.07, 6.45) is -3.08. The number of hydrogen-bond acceptors (Lipinski definition) is 5. The van der Waals surface area contributed by atoms with Crippen molar-refractivity contribution in [3.63, 3.8) is 0 Å². The van der Waals surface area contributed by atoms with Crippen LogP contribution in [0.25, 0.3) is 0 Å². The van der Waals surface area contributed by atoms with Crippen LogP contribution in [0.1, 0.15) is 19.8 Å². The van der Waals surface area contributed by atoms with Gasteiger partial charge < -0.3 is 14.8 Å². The maximum absolute atomic E-state index is 12.1. The number of fused-ring (bicyclic) bond motifs is 1. The van der Waals surface area contributed by atoms with Crippen molar-refractivity contribution >= 4 is 22.9 Å². The molecule has 114 valence electrons. The first-order chi connectivity index (χ1) is 9.33. The summed E-state index contributed by atoms with van der Waals surface area (Å²) < 4.78 is 46.8. The highest BCUT2D eigenvalue weighted by Crippen LogP contribution is 2.33. The number of nitrogens with zero attached hydrogens (tertiary/aromatic N) is 1. The molecule has 0 bridgehead atoms. The van der Waals surface area contributed by atoms with Crippen LogP contribution in [0.15, 0.2) is 4.99 Å². The number of rotatable bonds is 3. The molecule has 1 N–H and O–H groups in total. The van der Waals surface area contributed by atoms with Crippen LogP contribution >= 0.6 is 11.8 Å². The molecule has 2 fully saturated rings. The highest BCUT2D eigenvalue weighted by molar-refractivity contribution is 8.14. The first-order valence-corrected chi connectivity index (χ1v) is 7.04. The number of hydrogen-bond donors (Lipinski definition) is 1. The zero-order chi connectivity index (χ0) is 14.8. The first kappa shape index (κ1) is 15.4. The summed E-state index contributed by atoms with van der Waals surface area (Å²) in [4.78, 5) is 14.2. The van der Waals surface area contributed by atoms with Gasteiger partial charge in [-0.2, -0.15) is 13.2 Å². The molecule has 3 atom stereocenters. The Balaban J connectivity index is 1.83. The first-order valence-electron chi connectivity index (χ1n) is 6.17. The van der Waals surface area contributed by atoms with Crippen LogP contribution in [-0.4, -0.2) is 48.0 Å². The second-order valence-corrected chi connectivity index (χ2v) is 5.70. The van der Waals surface area contributed by atoms with E-state index in [1.807, 2.05) is 0 Å². The summed E-state index contributed by atoms with van der Waals surface area (Å²) in [5, 5.41) is 3.19. The highest BCUT2D eigenvalue weighted by atomic mass is 32.2. The van der Waals surface area contributed by atoms with Crippen molar-refractivity contribution < 1.29 is 27.4 Å². The smallest absolute Gasteiger partial charge is 0.408 e. The van der Waals surface area contributed by atoms with Gasteiger partial charge in [-0.05, 0) is 12.8 Å². The van der Waals surface area contributed by atoms with E-state index in [4.69, 9.17) is 9.47 Å². The summed E-state index contributed by atoms with van der Waals surface area (Å²) in [5.74, 6) is -0.375. The monoisotopic (exact) mass is 312 g/mol. The zero-order valence-electron chi connectivity index (χ0n) is 10.8. The molecule has 0 saturated carbocycles. The summed E-state index contributed by atoms with van der Waals surface area (Å²) in [6.45, 7) is 0.298. The number of esters is 1. The maximum Gasteiger partial charge on any atom is 0.408 e. The number of thioether (sulfide) groups is 1. The quantitative estimate of drug-likeness (QED) is 0.804. The molecule has 0 aromatic rings. The van der Waals surface area contributed by atoms with Crippen LogP contribution in [0.5, 0.6) is 0 Å². The molecule has 0 aromatic carbocycles. The number of carbonyl (C=O) groups excluding carboxylic acids is 1. The van der Waals surface area contributed by atoms with Crippen molar-refractivity contribution in [1.82, 2.24) is 5.32 Å². The molecule has 2 rings (SSSR count). The van der Waals surface area contributed by atoms with Crippen LogP contribution in [-0.2, 0) is 14.3 Å². The number of carbonyl (C=O) groups is 1. The summed E-state index contributed by atoms with van der Waals surface area (Å²) in [5.41, 5.74) is -0.281. The van der Waals surface area contributed by atoms with Crippen LogP contribution in [0, 0.1) is 0 Å². The van der Waals surface area contributed by atoms with E-state index in [1.165, 1.54) is 6.92 Å². The molecule has 0 aliphatic carbocycles. The second-order valence-electron chi connectivity index (χ2n) is 4.61. The van der Waals surface area contributed by atoms with Gasteiger partial charge >= 0.3 is 12.1 Å². The van der Waals surface area contributed by atoms with Crippen LogP contribution in [0.4, 0.5) is 13.2 Å². The SMILES string of the molecule is CC(=O)OC[C@H]1CC[C@H]2NC(=NCC(F)(F)F)S[C@H]2O1. The third-order valence-corrected chi connectivity index (χ3v) is 4.01. The van der Waals surface area contributed by atoms with Crippen LogP contribution in [0.2, 0.25) is 0 Å². The van der Waals surface area contributed by atoms with Gasteiger partial charge in [0.15, 0.2) is 5.17 Å². The Labute approximate surface area is 118 Å². The summed E-state index contributed by atoms with van der Waals surface area (Å²) in [6, 6.07) is -0.0411. The van der Waals surface area contributed by atoms with Crippen molar-refractivity contribution in [3.8, 4) is 0 Å². The zero-order valence-corrected chi connectivity index (χ0v) is 11.6. The van der Waals surface area contributed by atoms with Crippen LogP contribution in [0.3, 0.4) is 0 Å². The Hall–Kier alpha value is -0.960. The maximum atomic E-state index is 12.1. The minimum absolute atomic E-state index is 0.0411. The number of amidine groups is 1. The topological polar surface area (TPSA) is 59.9 Å². The van der Waals surface area contributed by atoms with E-state index in [0.29, 0.717) is 6.42 Å². The minimum Gasteiger partial charge on any atom is -0.463 e. The predicted octanol–water partition coefficient (Wildman–Crippen LogP) is 1.68. The Morgan fingerprint density at radius 2 is 2.30 bits per heavy atom. The number of aliphatic imine (C=N–C) groups is 1. The van der Waals surface area contributed by atoms with E-state index in [0.717, 1.165) is 18.2 Å². The number of nitrogens with one attached hydrogen (secondary N) is 1. The van der Waals surface area contributed by atoms with Crippen molar-refractivity contribution in [2.45, 2.75) is 43.5 Å². The molecule has 9 heteroatoms. The normalized spacial score (nSPS) is 31.8. The van der Waals surface area contributed by atoms with Gasteiger partial charge in [0, 0.05) is 6.92 Å². The Morgan fingerprint density at radius 3 is 2.95 bits per heavy atom. The Morgan fingerprint density at radius 1 is 1.55 bits per heavy atom. The third kappa shape index (κ3) is 4.55. The molecule has 0 amide bonds. The largest absolute Gasteiger partial charge is 0.463 e. The molecular weight excluding hydrogens is 297 g/mol. The summed E-state index contributed by atoms with van der Waals surface area (Å²) >= 11 is 1.15.